The number of nitrogens with zero attached hydrogens (tertiary/aromatic N) is 4. The second kappa shape index (κ2) is 5.55. The molecule has 6 heteroatoms. The molecular weight excluding hydrogens is 281 g/mol. The maximum Gasteiger partial charge on any atom is 0.132 e. The van der Waals surface area contributed by atoms with E-state index >= 15 is 0 Å². The fourth-order valence-electron chi connectivity index (χ4n) is 2.16. The molecule has 3 rings (SSSR count). The number of pyridine rings is 1. The van der Waals surface area contributed by atoms with Crippen molar-refractivity contribution in [2.75, 3.05) is 5.73 Å². The number of nitrogens with two attached hydrogens (primary N) is 1. The van der Waals surface area contributed by atoms with Crippen molar-refractivity contribution in [1.29, 1.82) is 0 Å². The molecule has 5 nitrogen and oxygen atoms in total. The van der Waals surface area contributed by atoms with Gasteiger partial charge in [-0.15, -0.1) is 5.10 Å². The number of hydrogen-bond acceptors (Lipinski definition) is 4. The Hall–Kier alpha value is -2.76. The summed E-state index contributed by atoms with van der Waals surface area (Å²) in [5, 5.41) is 8.21. The van der Waals surface area contributed by atoms with Crippen LogP contribution in [0.2, 0.25) is 0 Å². The van der Waals surface area contributed by atoms with E-state index in [1.54, 1.807) is 16.9 Å². The van der Waals surface area contributed by atoms with Gasteiger partial charge in [0.15, 0.2) is 0 Å². The molecule has 2 aromatic heterocycles. The smallest absolute Gasteiger partial charge is 0.132 e. The van der Waals surface area contributed by atoms with Crippen molar-refractivity contribution in [2.24, 2.45) is 0 Å². The summed E-state index contributed by atoms with van der Waals surface area (Å²) < 4.78 is 15.1. The molecule has 22 heavy (non-hydrogen) atoms. The van der Waals surface area contributed by atoms with Crippen LogP contribution in [0.5, 0.6) is 0 Å². The summed E-state index contributed by atoms with van der Waals surface area (Å²) in [6.45, 7) is 4.03. The van der Waals surface area contributed by atoms with Crippen LogP contribution in [0.3, 0.4) is 0 Å². The van der Waals surface area contributed by atoms with Gasteiger partial charge in [-0.1, -0.05) is 17.3 Å². The molecule has 0 saturated heterocycles. The number of rotatable bonds is 3. The quantitative estimate of drug-likeness (QED) is 0.805. The van der Waals surface area contributed by atoms with Gasteiger partial charge in [-0.05, 0) is 37.6 Å². The largest absolute Gasteiger partial charge is 0.383 e. The van der Waals surface area contributed by atoms with Gasteiger partial charge in [-0.2, -0.15) is 0 Å². The lowest BCUT2D eigenvalue weighted by Gasteiger charge is -2.06. The van der Waals surface area contributed by atoms with Gasteiger partial charge in [0.25, 0.3) is 0 Å². The highest BCUT2D eigenvalue weighted by Crippen LogP contribution is 2.28. The zero-order valence-corrected chi connectivity index (χ0v) is 12.4. The van der Waals surface area contributed by atoms with Crippen molar-refractivity contribution in [3.63, 3.8) is 0 Å². The lowest BCUT2D eigenvalue weighted by Crippen LogP contribution is -2.00. The van der Waals surface area contributed by atoms with Crippen molar-refractivity contribution < 1.29 is 4.39 Å². The molecule has 112 valence electrons. The summed E-state index contributed by atoms with van der Waals surface area (Å²) in [5.41, 5.74) is 8.81. The molecule has 0 amide bonds. The second-order valence-corrected chi connectivity index (χ2v) is 5.34. The fraction of sp³-hybridized carbons (Fsp3) is 0.188. The molecule has 0 saturated carbocycles. The molecule has 0 fully saturated rings. The maximum absolute atomic E-state index is 13.4. The topological polar surface area (TPSA) is 69.6 Å². The number of anilines is 1. The third-order valence-corrected chi connectivity index (χ3v) is 3.39. The van der Waals surface area contributed by atoms with Gasteiger partial charge >= 0.3 is 0 Å². The van der Waals surface area contributed by atoms with Gasteiger partial charge in [0.05, 0.1) is 6.20 Å². The minimum Gasteiger partial charge on any atom is -0.383 e. The van der Waals surface area contributed by atoms with Gasteiger partial charge in [0.2, 0.25) is 0 Å². The van der Waals surface area contributed by atoms with E-state index < -0.39 is 0 Å². The molecule has 0 aliphatic carbocycles. The zero-order valence-electron chi connectivity index (χ0n) is 12.4. The lowest BCUT2D eigenvalue weighted by molar-refractivity contribution is 0.514. The first-order valence-electron chi connectivity index (χ1n) is 6.98. The standard InChI is InChI=1S/C16H16FN5/c1-10(2)22-9-15(20-21-22)14-7-12(8-19-16(14)18)11-4-3-5-13(17)6-11/h3-10H,1-2H3,(H2,18,19). The predicted molar refractivity (Wildman–Crippen MR) is 83.4 cm³/mol. The number of benzene rings is 1. The number of nitrogen functional groups attached to an aromatic ring is 1. The number of halogens is 1. The third kappa shape index (κ3) is 2.67. The number of aromatic nitrogens is 4. The van der Waals surface area contributed by atoms with Crippen molar-refractivity contribution in [3.05, 3.63) is 48.5 Å². The van der Waals surface area contributed by atoms with E-state index in [9.17, 15) is 4.39 Å². The van der Waals surface area contributed by atoms with E-state index in [1.807, 2.05) is 32.2 Å². The highest BCUT2D eigenvalue weighted by atomic mass is 19.1. The molecule has 2 N–H and O–H groups in total. The van der Waals surface area contributed by atoms with Gasteiger partial charge in [-0.3, -0.25) is 0 Å². The maximum atomic E-state index is 13.4. The first-order valence-corrected chi connectivity index (χ1v) is 6.98. The van der Waals surface area contributed by atoms with E-state index in [1.165, 1.54) is 12.1 Å². The highest BCUT2D eigenvalue weighted by Gasteiger charge is 2.12. The van der Waals surface area contributed by atoms with Crippen LogP contribution >= 0.6 is 0 Å². The number of hydrogen-bond donors (Lipinski definition) is 1. The van der Waals surface area contributed by atoms with Crippen LogP contribution < -0.4 is 5.73 Å². The Kier molecular flexibility index (Phi) is 3.58. The van der Waals surface area contributed by atoms with Crippen molar-refractivity contribution >= 4 is 5.82 Å². The zero-order chi connectivity index (χ0) is 15.7. The van der Waals surface area contributed by atoms with Crippen molar-refractivity contribution in [1.82, 2.24) is 20.0 Å². The van der Waals surface area contributed by atoms with E-state index in [0.29, 0.717) is 17.1 Å². The molecule has 0 bridgehead atoms. The van der Waals surface area contributed by atoms with Gasteiger partial charge in [0, 0.05) is 23.4 Å². The van der Waals surface area contributed by atoms with Crippen LogP contribution in [0.4, 0.5) is 10.2 Å². The van der Waals surface area contributed by atoms with Gasteiger partial charge in [0.1, 0.15) is 17.3 Å². The lowest BCUT2D eigenvalue weighted by atomic mass is 10.0. The van der Waals surface area contributed by atoms with Crippen LogP contribution in [0.25, 0.3) is 22.4 Å². The minimum atomic E-state index is -0.290. The van der Waals surface area contributed by atoms with Crippen LogP contribution in [-0.2, 0) is 0 Å². The normalized spacial score (nSPS) is 11.1. The summed E-state index contributed by atoms with van der Waals surface area (Å²) in [6, 6.07) is 8.42. The Morgan fingerprint density at radius 1 is 1.18 bits per heavy atom. The molecular formula is C16H16FN5. The molecule has 0 radical (unpaired) electrons. The van der Waals surface area contributed by atoms with Gasteiger partial charge in [-0.25, -0.2) is 14.1 Å². The fourth-order valence-corrected chi connectivity index (χ4v) is 2.16. The second-order valence-electron chi connectivity index (χ2n) is 5.34. The summed E-state index contributed by atoms with van der Waals surface area (Å²) in [4.78, 5) is 4.19. The summed E-state index contributed by atoms with van der Waals surface area (Å²) in [7, 11) is 0. The minimum absolute atomic E-state index is 0.210. The molecule has 0 atom stereocenters. The van der Waals surface area contributed by atoms with Crippen LogP contribution in [0.1, 0.15) is 19.9 Å². The first kappa shape index (κ1) is 14.2. The Balaban J connectivity index is 2.06. The third-order valence-electron chi connectivity index (χ3n) is 3.39. The Morgan fingerprint density at radius 3 is 2.68 bits per heavy atom. The Bertz CT molecular complexity index is 810. The SMILES string of the molecule is CC(C)n1cc(-c2cc(-c3cccc(F)c3)cnc2N)nn1. The molecule has 2 heterocycles. The average molecular weight is 297 g/mol. The Morgan fingerprint density at radius 2 is 2.00 bits per heavy atom. The Labute approximate surface area is 127 Å². The first-order chi connectivity index (χ1) is 10.5. The summed E-state index contributed by atoms with van der Waals surface area (Å²) in [6.07, 6.45) is 3.45. The average Bonchev–Trinajstić information content (AvgIpc) is 2.97. The molecule has 1 aromatic carbocycles. The van der Waals surface area contributed by atoms with Crippen molar-refractivity contribution in [3.8, 4) is 22.4 Å². The van der Waals surface area contributed by atoms with Crippen LogP contribution in [0, 0.1) is 5.82 Å². The summed E-state index contributed by atoms with van der Waals surface area (Å²) in [5.74, 6) is 0.0811. The molecule has 0 aliphatic rings. The molecule has 0 spiro atoms. The van der Waals surface area contributed by atoms with Crippen molar-refractivity contribution in [2.45, 2.75) is 19.9 Å². The molecule has 0 aliphatic heterocycles. The van der Waals surface area contributed by atoms with E-state index in [2.05, 4.69) is 15.3 Å². The monoisotopic (exact) mass is 297 g/mol. The van der Waals surface area contributed by atoms with Gasteiger partial charge < -0.3 is 5.73 Å². The van der Waals surface area contributed by atoms with E-state index in [4.69, 9.17) is 5.73 Å². The summed E-state index contributed by atoms with van der Waals surface area (Å²) >= 11 is 0. The predicted octanol–water partition coefficient (Wildman–Crippen LogP) is 3.31. The molecule has 3 aromatic rings. The van der Waals surface area contributed by atoms with Crippen LogP contribution in [0.15, 0.2) is 42.7 Å². The van der Waals surface area contributed by atoms with E-state index in [0.717, 1.165) is 11.1 Å². The van der Waals surface area contributed by atoms with E-state index in [-0.39, 0.29) is 11.9 Å². The molecule has 0 unspecified atom stereocenters. The highest BCUT2D eigenvalue weighted by molar-refractivity contribution is 5.76. The van der Waals surface area contributed by atoms with Crippen LogP contribution in [-0.4, -0.2) is 20.0 Å².